The zero-order chi connectivity index (χ0) is 14.9. The lowest BCUT2D eigenvalue weighted by atomic mass is 10.0. The van der Waals surface area contributed by atoms with E-state index in [0.717, 1.165) is 51.0 Å². The van der Waals surface area contributed by atoms with E-state index in [9.17, 15) is 4.79 Å². The summed E-state index contributed by atoms with van der Waals surface area (Å²) in [6, 6.07) is 8.37. The van der Waals surface area contributed by atoms with Crippen molar-refractivity contribution in [2.75, 3.05) is 33.2 Å². The molecular weight excluding hydrogens is 262 g/mol. The van der Waals surface area contributed by atoms with Gasteiger partial charge in [-0.15, -0.1) is 0 Å². The van der Waals surface area contributed by atoms with E-state index in [1.54, 1.807) is 0 Å². The fraction of sp³-hybridized carbons (Fsp3) is 0.588. The number of nitrogens with zero attached hydrogens (tertiary/aromatic N) is 2. The van der Waals surface area contributed by atoms with Crippen molar-refractivity contribution in [1.82, 2.24) is 9.80 Å². The first-order chi connectivity index (χ1) is 10.0. The van der Waals surface area contributed by atoms with E-state index in [0.29, 0.717) is 6.42 Å². The molecule has 1 aliphatic heterocycles. The van der Waals surface area contributed by atoms with Gasteiger partial charge in [-0.3, -0.25) is 4.79 Å². The van der Waals surface area contributed by atoms with Crippen molar-refractivity contribution >= 4 is 5.91 Å². The highest BCUT2D eigenvalue weighted by Gasteiger charge is 2.37. The van der Waals surface area contributed by atoms with Crippen LogP contribution in [0.15, 0.2) is 24.3 Å². The third-order valence-electron chi connectivity index (χ3n) is 4.65. The van der Waals surface area contributed by atoms with Crippen molar-refractivity contribution in [1.29, 1.82) is 0 Å². The van der Waals surface area contributed by atoms with Crippen LogP contribution in [0.1, 0.15) is 24.0 Å². The van der Waals surface area contributed by atoms with Crippen LogP contribution in [0, 0.1) is 0 Å². The molecule has 0 spiro atoms. The molecule has 114 valence electrons. The van der Waals surface area contributed by atoms with Gasteiger partial charge in [0.1, 0.15) is 0 Å². The molecule has 0 radical (unpaired) electrons. The van der Waals surface area contributed by atoms with Crippen molar-refractivity contribution in [2.24, 2.45) is 5.73 Å². The summed E-state index contributed by atoms with van der Waals surface area (Å²) in [6.07, 6.45) is 3.69. The number of hydrogen-bond donors (Lipinski definition) is 1. The van der Waals surface area contributed by atoms with Crippen LogP contribution < -0.4 is 5.73 Å². The number of amides is 1. The van der Waals surface area contributed by atoms with Crippen molar-refractivity contribution < 1.29 is 4.79 Å². The third kappa shape index (κ3) is 3.83. The molecule has 2 aliphatic rings. The highest BCUT2D eigenvalue weighted by Crippen LogP contribution is 2.35. The number of piperazine rings is 1. The lowest BCUT2D eigenvalue weighted by molar-refractivity contribution is -0.132. The summed E-state index contributed by atoms with van der Waals surface area (Å²) in [5, 5.41) is 0. The molecule has 2 fully saturated rings. The largest absolute Gasteiger partial charge is 0.340 e. The summed E-state index contributed by atoms with van der Waals surface area (Å²) in [6.45, 7) is 3.64. The highest BCUT2D eigenvalue weighted by molar-refractivity contribution is 5.79. The second kappa shape index (κ2) is 5.78. The van der Waals surface area contributed by atoms with Crippen LogP contribution in [-0.4, -0.2) is 54.5 Å². The number of carbonyl (C=O) groups is 1. The van der Waals surface area contributed by atoms with Crippen LogP contribution in [0.4, 0.5) is 0 Å². The highest BCUT2D eigenvalue weighted by atomic mass is 16.2. The minimum Gasteiger partial charge on any atom is -0.340 e. The Morgan fingerprint density at radius 2 is 1.86 bits per heavy atom. The molecule has 0 aromatic heterocycles. The molecule has 0 bridgehead atoms. The first kappa shape index (κ1) is 14.5. The number of likely N-dealkylation sites (N-methyl/N-ethyl adjacent to an activating group) is 1. The number of rotatable bonds is 4. The summed E-state index contributed by atoms with van der Waals surface area (Å²) in [7, 11) is 2.10. The molecule has 3 rings (SSSR count). The Balaban J connectivity index is 1.59. The van der Waals surface area contributed by atoms with Gasteiger partial charge in [-0.1, -0.05) is 24.3 Å². The normalized spacial score (nSPS) is 21.3. The second-order valence-electron chi connectivity index (χ2n) is 6.72. The molecular formula is C17H25N3O. The standard InChI is InChI=1S/C17H25N3O/c1-19-7-9-20(10-8-19)16(21)12-14-3-2-4-15(11-14)13-17(18)5-6-17/h2-4,11H,5-10,12-13,18H2,1H3. The van der Waals surface area contributed by atoms with Crippen molar-refractivity contribution in [3.63, 3.8) is 0 Å². The quantitative estimate of drug-likeness (QED) is 0.900. The van der Waals surface area contributed by atoms with Gasteiger partial charge < -0.3 is 15.5 Å². The smallest absolute Gasteiger partial charge is 0.227 e. The van der Waals surface area contributed by atoms with Gasteiger partial charge >= 0.3 is 0 Å². The van der Waals surface area contributed by atoms with E-state index in [-0.39, 0.29) is 11.4 Å². The molecule has 0 atom stereocenters. The van der Waals surface area contributed by atoms with Crippen molar-refractivity contribution in [2.45, 2.75) is 31.2 Å². The Hall–Kier alpha value is -1.39. The third-order valence-corrected chi connectivity index (χ3v) is 4.65. The molecule has 21 heavy (non-hydrogen) atoms. The molecule has 1 aliphatic carbocycles. The molecule has 1 amide bonds. The lowest BCUT2D eigenvalue weighted by Crippen LogP contribution is -2.47. The van der Waals surface area contributed by atoms with Crippen LogP contribution in [0.3, 0.4) is 0 Å². The molecule has 1 aromatic carbocycles. The van der Waals surface area contributed by atoms with Gasteiger partial charge in [-0.25, -0.2) is 0 Å². The monoisotopic (exact) mass is 287 g/mol. The van der Waals surface area contributed by atoms with Gasteiger partial charge in [0.2, 0.25) is 5.91 Å². The molecule has 1 aromatic rings. The summed E-state index contributed by atoms with van der Waals surface area (Å²) < 4.78 is 0. The summed E-state index contributed by atoms with van der Waals surface area (Å²) >= 11 is 0. The molecule has 1 saturated heterocycles. The molecule has 4 heteroatoms. The number of benzene rings is 1. The van der Waals surface area contributed by atoms with Gasteiger partial charge in [0, 0.05) is 31.7 Å². The van der Waals surface area contributed by atoms with Gasteiger partial charge in [0.25, 0.3) is 0 Å². The zero-order valence-electron chi connectivity index (χ0n) is 12.8. The van der Waals surface area contributed by atoms with Crippen LogP contribution in [0.2, 0.25) is 0 Å². The van der Waals surface area contributed by atoms with Gasteiger partial charge in [0.05, 0.1) is 6.42 Å². The SMILES string of the molecule is CN1CCN(C(=O)Cc2cccc(CC3(N)CC3)c2)CC1. The average Bonchev–Trinajstić information content (AvgIpc) is 3.17. The van der Waals surface area contributed by atoms with Crippen LogP contribution in [-0.2, 0) is 17.6 Å². The Morgan fingerprint density at radius 3 is 2.52 bits per heavy atom. The van der Waals surface area contributed by atoms with E-state index < -0.39 is 0 Å². The Kier molecular flexibility index (Phi) is 4.00. The summed E-state index contributed by atoms with van der Waals surface area (Å²) in [5.41, 5.74) is 8.58. The topological polar surface area (TPSA) is 49.6 Å². The number of carbonyl (C=O) groups excluding carboxylic acids is 1. The average molecular weight is 287 g/mol. The van der Waals surface area contributed by atoms with Crippen LogP contribution in [0.5, 0.6) is 0 Å². The second-order valence-corrected chi connectivity index (χ2v) is 6.72. The molecule has 2 N–H and O–H groups in total. The first-order valence-corrected chi connectivity index (χ1v) is 7.87. The van der Waals surface area contributed by atoms with Gasteiger partial charge in [0.15, 0.2) is 0 Å². The van der Waals surface area contributed by atoms with Crippen LogP contribution in [0.25, 0.3) is 0 Å². The summed E-state index contributed by atoms with van der Waals surface area (Å²) in [4.78, 5) is 16.6. The maximum atomic E-state index is 12.4. The zero-order valence-corrected chi connectivity index (χ0v) is 12.8. The predicted molar refractivity (Wildman–Crippen MR) is 84.1 cm³/mol. The Morgan fingerprint density at radius 1 is 1.19 bits per heavy atom. The Bertz CT molecular complexity index is 517. The molecule has 1 heterocycles. The van der Waals surface area contributed by atoms with Crippen molar-refractivity contribution in [3.05, 3.63) is 35.4 Å². The van der Waals surface area contributed by atoms with Gasteiger partial charge in [-0.05, 0) is 37.4 Å². The number of hydrogen-bond acceptors (Lipinski definition) is 3. The fourth-order valence-electron chi connectivity index (χ4n) is 2.94. The lowest BCUT2D eigenvalue weighted by Gasteiger charge is -2.32. The Labute approximate surface area is 126 Å². The van der Waals surface area contributed by atoms with Crippen LogP contribution >= 0.6 is 0 Å². The molecule has 1 saturated carbocycles. The minimum absolute atomic E-state index is 0.0279. The summed E-state index contributed by atoms with van der Waals surface area (Å²) in [5.74, 6) is 0.245. The predicted octanol–water partition coefficient (Wildman–Crippen LogP) is 1.04. The van der Waals surface area contributed by atoms with E-state index in [4.69, 9.17) is 5.73 Å². The minimum atomic E-state index is 0.0279. The van der Waals surface area contributed by atoms with E-state index in [1.165, 1.54) is 5.56 Å². The molecule has 4 nitrogen and oxygen atoms in total. The maximum absolute atomic E-state index is 12.4. The van der Waals surface area contributed by atoms with E-state index in [1.807, 2.05) is 17.0 Å². The van der Waals surface area contributed by atoms with Crippen molar-refractivity contribution in [3.8, 4) is 0 Å². The maximum Gasteiger partial charge on any atom is 0.227 e. The molecule has 0 unspecified atom stereocenters. The fourth-order valence-corrected chi connectivity index (χ4v) is 2.94. The van der Waals surface area contributed by atoms with E-state index >= 15 is 0 Å². The van der Waals surface area contributed by atoms with Gasteiger partial charge in [-0.2, -0.15) is 0 Å². The van der Waals surface area contributed by atoms with E-state index in [2.05, 4.69) is 24.1 Å². The number of nitrogens with two attached hydrogens (primary N) is 1. The first-order valence-electron chi connectivity index (χ1n) is 7.87.